The van der Waals surface area contributed by atoms with Gasteiger partial charge in [0.25, 0.3) is 5.91 Å². The summed E-state index contributed by atoms with van der Waals surface area (Å²) in [5.41, 5.74) is 0.855. The van der Waals surface area contributed by atoms with Crippen LogP contribution >= 0.6 is 11.3 Å². The van der Waals surface area contributed by atoms with Gasteiger partial charge in [-0.1, -0.05) is 17.9 Å². The van der Waals surface area contributed by atoms with Crippen LogP contribution in [0.15, 0.2) is 36.5 Å². The summed E-state index contributed by atoms with van der Waals surface area (Å²) in [5.74, 6) is 5.74. The number of rotatable bonds is 4. The van der Waals surface area contributed by atoms with E-state index in [4.69, 9.17) is 5.11 Å². The van der Waals surface area contributed by atoms with Crippen molar-refractivity contribution in [1.82, 2.24) is 9.88 Å². The molecule has 1 amide bonds. The van der Waals surface area contributed by atoms with Gasteiger partial charge in [-0.05, 0) is 24.3 Å². The van der Waals surface area contributed by atoms with Gasteiger partial charge in [0.2, 0.25) is 0 Å². The van der Waals surface area contributed by atoms with E-state index < -0.39 is 0 Å². The van der Waals surface area contributed by atoms with Gasteiger partial charge in [-0.3, -0.25) is 9.78 Å². The molecule has 0 aliphatic rings. The zero-order valence-corrected chi connectivity index (χ0v) is 12.6. The Morgan fingerprint density at radius 2 is 2.24 bits per heavy atom. The first kappa shape index (κ1) is 15.2. The van der Waals surface area contributed by atoms with Crippen molar-refractivity contribution in [2.24, 2.45) is 0 Å². The second-order valence-corrected chi connectivity index (χ2v) is 5.51. The molecule has 0 bridgehead atoms. The first-order valence-corrected chi connectivity index (χ1v) is 7.37. The van der Waals surface area contributed by atoms with Gasteiger partial charge in [-0.25, -0.2) is 0 Å². The predicted octanol–water partition coefficient (Wildman–Crippen LogP) is 2.15. The zero-order valence-electron chi connectivity index (χ0n) is 11.7. The summed E-state index contributed by atoms with van der Waals surface area (Å²) in [6.45, 7) is 0.528. The molecule has 0 saturated carbocycles. The molecule has 21 heavy (non-hydrogen) atoms. The minimum Gasteiger partial charge on any atom is -0.395 e. The number of carbonyl (C=O) groups excluding carboxylic acids is 1. The highest BCUT2D eigenvalue weighted by atomic mass is 32.1. The molecule has 108 valence electrons. The van der Waals surface area contributed by atoms with E-state index in [2.05, 4.69) is 16.8 Å². The fourth-order valence-corrected chi connectivity index (χ4v) is 2.60. The number of thiophene rings is 1. The summed E-state index contributed by atoms with van der Waals surface area (Å²) >= 11 is 1.36. The molecule has 2 aromatic rings. The number of hydrogen-bond acceptors (Lipinski definition) is 4. The molecule has 1 N–H and O–H groups in total. The number of aliphatic hydroxyl groups is 1. The van der Waals surface area contributed by atoms with Crippen LogP contribution in [0.2, 0.25) is 0 Å². The third kappa shape index (κ3) is 4.42. The fourth-order valence-electron chi connectivity index (χ4n) is 1.72. The zero-order chi connectivity index (χ0) is 15.1. The maximum atomic E-state index is 12.3. The Bertz CT molecular complexity index is 656. The number of nitrogens with zero attached hydrogens (tertiary/aromatic N) is 2. The van der Waals surface area contributed by atoms with Gasteiger partial charge in [-0.15, -0.1) is 11.3 Å². The number of pyridine rings is 1. The molecule has 5 heteroatoms. The van der Waals surface area contributed by atoms with Crippen molar-refractivity contribution in [3.63, 3.8) is 0 Å². The number of carbonyl (C=O) groups is 1. The molecular formula is C16H16N2O2S. The van der Waals surface area contributed by atoms with Crippen LogP contribution in [0.5, 0.6) is 0 Å². The lowest BCUT2D eigenvalue weighted by Crippen LogP contribution is -2.25. The van der Waals surface area contributed by atoms with Crippen molar-refractivity contribution in [2.45, 2.75) is 13.0 Å². The normalized spacial score (nSPS) is 9.81. The average molecular weight is 300 g/mol. The Kier molecular flexibility index (Phi) is 5.50. The number of aromatic nitrogens is 1. The summed E-state index contributed by atoms with van der Waals surface area (Å²) < 4.78 is 0. The van der Waals surface area contributed by atoms with E-state index in [0.717, 1.165) is 10.6 Å². The lowest BCUT2D eigenvalue weighted by atomic mass is 10.3. The third-order valence-corrected chi connectivity index (χ3v) is 3.73. The van der Waals surface area contributed by atoms with Gasteiger partial charge in [0.15, 0.2) is 0 Å². The first-order valence-electron chi connectivity index (χ1n) is 6.55. The van der Waals surface area contributed by atoms with Crippen molar-refractivity contribution in [3.8, 4) is 11.8 Å². The number of hydrogen-bond donors (Lipinski definition) is 1. The molecule has 0 unspecified atom stereocenters. The average Bonchev–Trinajstić information content (AvgIpc) is 2.96. The molecule has 0 atom stereocenters. The van der Waals surface area contributed by atoms with Gasteiger partial charge in [0.1, 0.15) is 0 Å². The van der Waals surface area contributed by atoms with Crippen LogP contribution in [0.4, 0.5) is 0 Å². The summed E-state index contributed by atoms with van der Waals surface area (Å²) in [7, 11) is 1.76. The van der Waals surface area contributed by atoms with E-state index in [1.165, 1.54) is 11.3 Å². The Morgan fingerprint density at radius 1 is 1.38 bits per heavy atom. The quantitative estimate of drug-likeness (QED) is 0.880. The van der Waals surface area contributed by atoms with E-state index >= 15 is 0 Å². The van der Waals surface area contributed by atoms with Crippen molar-refractivity contribution in [2.75, 3.05) is 13.7 Å². The van der Waals surface area contributed by atoms with E-state index in [1.54, 1.807) is 24.2 Å². The van der Waals surface area contributed by atoms with Gasteiger partial charge in [-0.2, -0.15) is 0 Å². The number of amides is 1. The summed E-state index contributed by atoms with van der Waals surface area (Å²) in [4.78, 5) is 19.6. The van der Waals surface area contributed by atoms with E-state index in [1.807, 2.05) is 24.3 Å². The number of aliphatic hydroxyl groups excluding tert-OH is 1. The molecule has 0 spiro atoms. The van der Waals surface area contributed by atoms with Crippen LogP contribution in [-0.2, 0) is 6.54 Å². The molecule has 0 aliphatic carbocycles. The smallest absolute Gasteiger partial charge is 0.264 e. The molecule has 0 saturated heterocycles. The molecule has 0 aromatic carbocycles. The predicted molar refractivity (Wildman–Crippen MR) is 82.9 cm³/mol. The van der Waals surface area contributed by atoms with Crippen LogP contribution in [0.25, 0.3) is 0 Å². The van der Waals surface area contributed by atoms with E-state index in [9.17, 15) is 4.79 Å². The molecule has 0 aliphatic heterocycles. The summed E-state index contributed by atoms with van der Waals surface area (Å²) in [6.07, 6.45) is 2.16. The standard InChI is InChI=1S/C16H16N2O2S/c1-18(12-13-6-2-4-10-17-13)16(20)15-9-8-14(21-15)7-3-5-11-19/h2,4,6,8-10,19H,5,11-12H2,1H3. The van der Waals surface area contributed by atoms with Crippen LogP contribution in [-0.4, -0.2) is 34.6 Å². The molecule has 2 aromatic heterocycles. The van der Waals surface area contributed by atoms with Crippen molar-refractivity contribution >= 4 is 17.2 Å². The minimum atomic E-state index is -0.0409. The van der Waals surface area contributed by atoms with Crippen LogP contribution in [0.1, 0.15) is 26.7 Å². The largest absolute Gasteiger partial charge is 0.395 e. The second kappa shape index (κ2) is 7.58. The van der Waals surface area contributed by atoms with Crippen LogP contribution in [0.3, 0.4) is 0 Å². The second-order valence-electron chi connectivity index (χ2n) is 4.42. The Balaban J connectivity index is 2.01. The SMILES string of the molecule is CN(Cc1ccccn1)C(=O)c1ccc(C#CCCO)s1. The van der Waals surface area contributed by atoms with E-state index in [0.29, 0.717) is 17.8 Å². The molecule has 0 radical (unpaired) electrons. The maximum Gasteiger partial charge on any atom is 0.264 e. The first-order chi connectivity index (χ1) is 10.2. The Labute approximate surface area is 128 Å². The topological polar surface area (TPSA) is 53.4 Å². The van der Waals surface area contributed by atoms with Crippen molar-refractivity contribution in [3.05, 3.63) is 52.0 Å². The molecule has 4 nitrogen and oxygen atoms in total. The lowest BCUT2D eigenvalue weighted by molar-refractivity contribution is 0.0788. The molecule has 2 rings (SSSR count). The van der Waals surface area contributed by atoms with E-state index in [-0.39, 0.29) is 12.5 Å². The molecule has 2 heterocycles. The highest BCUT2D eigenvalue weighted by molar-refractivity contribution is 7.14. The summed E-state index contributed by atoms with van der Waals surface area (Å²) in [5, 5.41) is 8.68. The third-order valence-electron chi connectivity index (χ3n) is 2.74. The summed E-state index contributed by atoms with van der Waals surface area (Å²) in [6, 6.07) is 9.26. The Hall–Kier alpha value is -2.16. The maximum absolute atomic E-state index is 12.3. The molecule has 0 fully saturated rings. The van der Waals surface area contributed by atoms with Crippen LogP contribution < -0.4 is 0 Å². The molecular weight excluding hydrogens is 284 g/mol. The highest BCUT2D eigenvalue weighted by Crippen LogP contribution is 2.17. The minimum absolute atomic E-state index is 0.0409. The fraction of sp³-hybridized carbons (Fsp3) is 0.250. The van der Waals surface area contributed by atoms with Crippen molar-refractivity contribution in [1.29, 1.82) is 0 Å². The highest BCUT2D eigenvalue weighted by Gasteiger charge is 2.14. The monoisotopic (exact) mass is 300 g/mol. The Morgan fingerprint density at radius 3 is 2.95 bits per heavy atom. The van der Waals surface area contributed by atoms with Crippen molar-refractivity contribution < 1.29 is 9.90 Å². The van der Waals surface area contributed by atoms with Gasteiger partial charge in [0, 0.05) is 19.7 Å². The van der Waals surface area contributed by atoms with Gasteiger partial charge >= 0.3 is 0 Å². The van der Waals surface area contributed by atoms with Crippen LogP contribution in [0, 0.1) is 11.8 Å². The van der Waals surface area contributed by atoms with Gasteiger partial charge < -0.3 is 10.0 Å². The lowest BCUT2D eigenvalue weighted by Gasteiger charge is -2.15. The van der Waals surface area contributed by atoms with Gasteiger partial charge in [0.05, 0.1) is 28.6 Å².